The molecule has 3 aromatic rings. The number of rotatable bonds is 2. The van der Waals surface area contributed by atoms with E-state index < -0.39 is 0 Å². The average Bonchev–Trinajstić information content (AvgIpc) is 3.14. The Morgan fingerprint density at radius 2 is 1.81 bits per heavy atom. The van der Waals surface area contributed by atoms with Gasteiger partial charge in [-0.2, -0.15) is 5.10 Å². The number of fused-ring (bicyclic) bond motifs is 3. The lowest BCUT2D eigenvalue weighted by atomic mass is 9.96. The molecule has 0 amide bonds. The predicted octanol–water partition coefficient (Wildman–Crippen LogP) is 5.63. The zero-order chi connectivity index (χ0) is 18.4. The highest BCUT2D eigenvalue weighted by molar-refractivity contribution is 6.31. The third-order valence-electron chi connectivity index (χ3n) is 4.90. The molecule has 3 heterocycles. The minimum atomic E-state index is -0.331. The summed E-state index contributed by atoms with van der Waals surface area (Å²) in [5, 5.41) is 8.32. The molecule has 6 heteroatoms. The first-order valence-electron chi connectivity index (χ1n) is 8.67. The Hall–Kier alpha value is -2.56. The van der Waals surface area contributed by atoms with Crippen molar-refractivity contribution in [3.8, 4) is 5.75 Å². The molecule has 2 aliphatic heterocycles. The van der Waals surface area contributed by atoms with Crippen LogP contribution in [0.5, 0.6) is 5.75 Å². The van der Waals surface area contributed by atoms with E-state index >= 15 is 0 Å². The van der Waals surface area contributed by atoms with Crippen molar-refractivity contribution in [3.63, 3.8) is 0 Å². The lowest BCUT2D eigenvalue weighted by Crippen LogP contribution is -2.33. The van der Waals surface area contributed by atoms with Crippen LogP contribution in [0.1, 0.15) is 35.4 Å². The van der Waals surface area contributed by atoms with Gasteiger partial charge in [-0.15, -0.1) is 0 Å². The minimum Gasteiger partial charge on any atom is -0.464 e. The summed E-state index contributed by atoms with van der Waals surface area (Å²) in [6.07, 6.45) is 4.01. The van der Waals surface area contributed by atoms with Gasteiger partial charge in [-0.3, -0.25) is 4.98 Å². The van der Waals surface area contributed by atoms with Gasteiger partial charge in [0.25, 0.3) is 0 Å². The first-order chi connectivity index (χ1) is 13.2. The van der Waals surface area contributed by atoms with Crippen LogP contribution >= 0.6 is 23.2 Å². The first-order valence-corrected chi connectivity index (χ1v) is 9.42. The maximum Gasteiger partial charge on any atom is 0.215 e. The van der Waals surface area contributed by atoms with Gasteiger partial charge < -0.3 is 4.74 Å². The van der Waals surface area contributed by atoms with Gasteiger partial charge in [-0.05, 0) is 42.0 Å². The zero-order valence-corrected chi connectivity index (χ0v) is 15.7. The standard InChI is InChI=1S/C21H15Cl2N3O/c22-15-5-3-13(4-6-15)18-11-19-17-10-16(23)7-8-20(17)27-21(26(19)25-18)14-2-1-9-24-12-14/h1-10,12,19,21H,11H2/t19-,21+/m1/s1. The number of hydrogen-bond acceptors (Lipinski definition) is 4. The normalized spacial score (nSPS) is 20.5. The fraction of sp³-hybridized carbons (Fsp3) is 0.143. The van der Waals surface area contributed by atoms with E-state index in [0.717, 1.165) is 34.6 Å². The molecule has 0 saturated carbocycles. The van der Waals surface area contributed by atoms with Crippen LogP contribution in [0.2, 0.25) is 10.0 Å². The molecule has 0 saturated heterocycles. The van der Waals surface area contributed by atoms with Crippen molar-refractivity contribution in [2.24, 2.45) is 5.10 Å². The monoisotopic (exact) mass is 395 g/mol. The Labute approximate surface area is 167 Å². The van der Waals surface area contributed by atoms with Gasteiger partial charge in [0.05, 0.1) is 11.8 Å². The molecular weight excluding hydrogens is 381 g/mol. The highest BCUT2D eigenvalue weighted by Crippen LogP contribution is 2.48. The van der Waals surface area contributed by atoms with Crippen LogP contribution in [-0.2, 0) is 0 Å². The van der Waals surface area contributed by atoms with Gasteiger partial charge in [-0.1, -0.05) is 41.4 Å². The van der Waals surface area contributed by atoms with Crippen molar-refractivity contribution >= 4 is 28.9 Å². The molecule has 0 aliphatic carbocycles. The highest BCUT2D eigenvalue weighted by Gasteiger charge is 2.41. The van der Waals surface area contributed by atoms with Crippen molar-refractivity contribution in [2.45, 2.75) is 18.7 Å². The largest absolute Gasteiger partial charge is 0.464 e. The Kier molecular flexibility index (Phi) is 4.03. The maximum atomic E-state index is 6.29. The summed E-state index contributed by atoms with van der Waals surface area (Å²) in [6, 6.07) is 17.5. The number of pyridine rings is 1. The summed E-state index contributed by atoms with van der Waals surface area (Å²) >= 11 is 12.3. The molecule has 0 radical (unpaired) electrons. The van der Waals surface area contributed by atoms with Crippen LogP contribution in [0.15, 0.2) is 72.1 Å². The van der Waals surface area contributed by atoms with E-state index in [9.17, 15) is 0 Å². The van der Waals surface area contributed by atoms with Crippen LogP contribution in [0.25, 0.3) is 0 Å². The third-order valence-corrected chi connectivity index (χ3v) is 5.39. The average molecular weight is 396 g/mol. The predicted molar refractivity (Wildman–Crippen MR) is 106 cm³/mol. The van der Waals surface area contributed by atoms with E-state index in [1.165, 1.54) is 0 Å². The number of aromatic nitrogens is 1. The second-order valence-electron chi connectivity index (χ2n) is 6.59. The molecule has 0 fully saturated rings. The van der Waals surface area contributed by atoms with Crippen molar-refractivity contribution < 1.29 is 4.74 Å². The van der Waals surface area contributed by atoms with Crippen LogP contribution in [0, 0.1) is 0 Å². The number of nitrogens with zero attached hydrogens (tertiary/aromatic N) is 3. The Balaban J connectivity index is 1.60. The van der Waals surface area contributed by atoms with Crippen molar-refractivity contribution in [3.05, 3.63) is 93.7 Å². The number of benzene rings is 2. The van der Waals surface area contributed by atoms with Gasteiger partial charge >= 0.3 is 0 Å². The number of hydrogen-bond donors (Lipinski definition) is 0. The lowest BCUT2D eigenvalue weighted by molar-refractivity contribution is -0.0192. The van der Waals surface area contributed by atoms with Crippen LogP contribution in [-0.4, -0.2) is 15.7 Å². The Morgan fingerprint density at radius 1 is 1.00 bits per heavy atom. The van der Waals surface area contributed by atoms with Gasteiger partial charge in [0.1, 0.15) is 5.75 Å². The number of halogens is 2. The van der Waals surface area contributed by atoms with Gasteiger partial charge in [0.2, 0.25) is 6.23 Å². The summed E-state index contributed by atoms with van der Waals surface area (Å²) in [7, 11) is 0. The SMILES string of the molecule is Clc1ccc(C2=NN3[C@H](C2)c2cc(Cl)ccc2O[C@H]3c2cccnc2)cc1. The molecule has 2 atom stereocenters. The molecule has 2 aromatic carbocycles. The van der Waals surface area contributed by atoms with Crippen molar-refractivity contribution in [1.82, 2.24) is 9.99 Å². The quantitative estimate of drug-likeness (QED) is 0.563. The molecule has 4 nitrogen and oxygen atoms in total. The van der Waals surface area contributed by atoms with E-state index in [1.807, 2.05) is 65.8 Å². The molecule has 0 spiro atoms. The molecular formula is C21H15Cl2N3O. The maximum absolute atomic E-state index is 6.29. The molecule has 5 rings (SSSR count). The minimum absolute atomic E-state index is 0.0586. The Morgan fingerprint density at radius 3 is 2.59 bits per heavy atom. The molecule has 0 bridgehead atoms. The van der Waals surface area contributed by atoms with E-state index in [0.29, 0.717) is 10.0 Å². The summed E-state index contributed by atoms with van der Waals surface area (Å²) in [4.78, 5) is 4.24. The third kappa shape index (κ3) is 2.95. The van der Waals surface area contributed by atoms with E-state index in [1.54, 1.807) is 6.20 Å². The second-order valence-corrected chi connectivity index (χ2v) is 7.47. The summed E-state index contributed by atoms with van der Waals surface area (Å²) in [5.41, 5.74) is 4.07. The van der Waals surface area contributed by atoms with Gasteiger partial charge in [0, 0.05) is 40.0 Å². The highest BCUT2D eigenvalue weighted by atomic mass is 35.5. The summed E-state index contributed by atoms with van der Waals surface area (Å²) in [5.74, 6) is 0.835. The van der Waals surface area contributed by atoms with Crippen LogP contribution < -0.4 is 4.74 Å². The molecule has 0 unspecified atom stereocenters. The van der Waals surface area contributed by atoms with E-state index in [-0.39, 0.29) is 12.3 Å². The number of hydrazone groups is 1. The van der Waals surface area contributed by atoms with Crippen LogP contribution in [0.3, 0.4) is 0 Å². The summed E-state index contributed by atoms with van der Waals surface area (Å²) < 4.78 is 6.29. The van der Waals surface area contributed by atoms with Gasteiger partial charge in [0.15, 0.2) is 0 Å². The van der Waals surface area contributed by atoms with E-state index in [2.05, 4.69) is 4.98 Å². The lowest BCUT2D eigenvalue weighted by Gasteiger charge is -2.38. The molecule has 0 N–H and O–H groups in total. The Bertz CT molecular complexity index is 1020. The smallest absolute Gasteiger partial charge is 0.215 e. The van der Waals surface area contributed by atoms with Crippen molar-refractivity contribution in [1.29, 1.82) is 0 Å². The summed E-state index contributed by atoms with van der Waals surface area (Å²) in [6.45, 7) is 0. The second kappa shape index (κ2) is 6.55. The van der Waals surface area contributed by atoms with Crippen molar-refractivity contribution in [2.75, 3.05) is 0 Å². The fourth-order valence-electron chi connectivity index (χ4n) is 3.62. The molecule has 2 aliphatic rings. The van der Waals surface area contributed by atoms with Crippen LogP contribution in [0.4, 0.5) is 0 Å². The number of ether oxygens (including phenoxy) is 1. The van der Waals surface area contributed by atoms with Gasteiger partial charge in [-0.25, -0.2) is 5.01 Å². The molecule has 134 valence electrons. The molecule has 27 heavy (non-hydrogen) atoms. The molecule has 1 aromatic heterocycles. The zero-order valence-electron chi connectivity index (χ0n) is 14.2. The topological polar surface area (TPSA) is 37.7 Å². The fourth-order valence-corrected chi connectivity index (χ4v) is 3.92. The van der Waals surface area contributed by atoms with E-state index in [4.69, 9.17) is 33.0 Å². The first kappa shape index (κ1) is 16.6.